The first-order chi connectivity index (χ1) is 10.3. The molecule has 0 radical (unpaired) electrons. The Labute approximate surface area is 125 Å². The standard InChI is InChI=1S/C18H20N2O/c1-3-9-20-18(15-12-19-10-8-13(15)2)17-11-14-6-4-5-7-16(14)21-17/h4-8,10-12,18,20H,3,9H2,1-2H3. The topological polar surface area (TPSA) is 38.1 Å². The van der Waals surface area contributed by atoms with Gasteiger partial charge in [-0.15, -0.1) is 0 Å². The van der Waals surface area contributed by atoms with Crippen molar-refractivity contribution in [3.8, 4) is 0 Å². The highest BCUT2D eigenvalue weighted by molar-refractivity contribution is 5.78. The monoisotopic (exact) mass is 280 g/mol. The van der Waals surface area contributed by atoms with Gasteiger partial charge < -0.3 is 9.73 Å². The van der Waals surface area contributed by atoms with Crippen molar-refractivity contribution in [3.63, 3.8) is 0 Å². The van der Waals surface area contributed by atoms with Crippen LogP contribution in [0.4, 0.5) is 0 Å². The smallest absolute Gasteiger partial charge is 0.134 e. The predicted molar refractivity (Wildman–Crippen MR) is 85.3 cm³/mol. The SMILES string of the molecule is CCCNC(c1cc2ccccc2o1)c1cnccc1C. The molecule has 0 bridgehead atoms. The number of aryl methyl sites for hydroxylation is 1. The second kappa shape index (κ2) is 6.10. The average Bonchev–Trinajstić information content (AvgIpc) is 2.93. The maximum Gasteiger partial charge on any atom is 0.134 e. The zero-order chi connectivity index (χ0) is 14.7. The first-order valence-electron chi connectivity index (χ1n) is 7.42. The van der Waals surface area contributed by atoms with Gasteiger partial charge in [-0.25, -0.2) is 0 Å². The largest absolute Gasteiger partial charge is 0.459 e. The predicted octanol–water partition coefficient (Wildman–Crippen LogP) is 4.23. The summed E-state index contributed by atoms with van der Waals surface area (Å²) in [5, 5.41) is 4.71. The number of aromatic nitrogens is 1. The second-order valence-corrected chi connectivity index (χ2v) is 5.31. The average molecular weight is 280 g/mol. The van der Waals surface area contributed by atoms with E-state index in [4.69, 9.17) is 4.42 Å². The first kappa shape index (κ1) is 13.8. The van der Waals surface area contributed by atoms with Gasteiger partial charge >= 0.3 is 0 Å². The number of hydrogen-bond donors (Lipinski definition) is 1. The highest BCUT2D eigenvalue weighted by atomic mass is 16.3. The Balaban J connectivity index is 2.04. The lowest BCUT2D eigenvalue weighted by atomic mass is 10.0. The number of pyridine rings is 1. The third-order valence-corrected chi connectivity index (χ3v) is 3.72. The summed E-state index contributed by atoms with van der Waals surface area (Å²) in [7, 11) is 0. The van der Waals surface area contributed by atoms with E-state index in [2.05, 4.69) is 36.3 Å². The Hall–Kier alpha value is -2.13. The van der Waals surface area contributed by atoms with Crippen LogP contribution in [-0.2, 0) is 0 Å². The third-order valence-electron chi connectivity index (χ3n) is 3.72. The molecule has 0 saturated heterocycles. The molecule has 21 heavy (non-hydrogen) atoms. The van der Waals surface area contributed by atoms with Gasteiger partial charge in [0.25, 0.3) is 0 Å². The molecule has 0 amide bonds. The highest BCUT2D eigenvalue weighted by Crippen LogP contribution is 2.29. The summed E-state index contributed by atoms with van der Waals surface area (Å²) in [6.45, 7) is 5.22. The fraction of sp³-hybridized carbons (Fsp3) is 0.278. The second-order valence-electron chi connectivity index (χ2n) is 5.31. The Morgan fingerprint density at radius 3 is 2.86 bits per heavy atom. The van der Waals surface area contributed by atoms with E-state index in [1.807, 2.05) is 36.7 Å². The number of rotatable bonds is 5. The zero-order valence-corrected chi connectivity index (χ0v) is 12.5. The number of furan rings is 1. The summed E-state index contributed by atoms with van der Waals surface area (Å²) in [4.78, 5) is 4.27. The minimum Gasteiger partial charge on any atom is -0.459 e. The van der Waals surface area contributed by atoms with Crippen LogP contribution >= 0.6 is 0 Å². The van der Waals surface area contributed by atoms with Gasteiger partial charge in [0, 0.05) is 17.8 Å². The van der Waals surface area contributed by atoms with Crippen LogP contribution in [0.2, 0.25) is 0 Å². The van der Waals surface area contributed by atoms with Gasteiger partial charge in [0.05, 0.1) is 6.04 Å². The molecular formula is C18H20N2O. The molecule has 3 aromatic rings. The molecule has 1 N–H and O–H groups in total. The van der Waals surface area contributed by atoms with Crippen LogP contribution in [0.25, 0.3) is 11.0 Å². The lowest BCUT2D eigenvalue weighted by Crippen LogP contribution is -2.23. The molecule has 1 atom stereocenters. The van der Waals surface area contributed by atoms with Crippen molar-refractivity contribution in [2.75, 3.05) is 6.54 Å². The van der Waals surface area contributed by atoms with Crippen LogP contribution in [0, 0.1) is 6.92 Å². The maximum atomic E-state index is 6.05. The molecule has 3 nitrogen and oxygen atoms in total. The number of benzene rings is 1. The van der Waals surface area contributed by atoms with Crippen molar-refractivity contribution < 1.29 is 4.42 Å². The molecule has 0 fully saturated rings. The van der Waals surface area contributed by atoms with Crippen molar-refractivity contribution in [1.82, 2.24) is 10.3 Å². The third kappa shape index (κ3) is 2.83. The molecule has 0 saturated carbocycles. The van der Waals surface area contributed by atoms with Crippen molar-refractivity contribution in [3.05, 3.63) is 65.7 Å². The van der Waals surface area contributed by atoms with Gasteiger partial charge in [-0.1, -0.05) is 25.1 Å². The summed E-state index contributed by atoms with van der Waals surface area (Å²) in [5.41, 5.74) is 3.32. The fourth-order valence-electron chi connectivity index (χ4n) is 2.58. The van der Waals surface area contributed by atoms with E-state index in [0.717, 1.165) is 29.7 Å². The molecule has 1 unspecified atom stereocenters. The van der Waals surface area contributed by atoms with Gasteiger partial charge in [0.2, 0.25) is 0 Å². The van der Waals surface area contributed by atoms with Crippen molar-refractivity contribution in [2.45, 2.75) is 26.3 Å². The number of para-hydroxylation sites is 1. The fourth-order valence-corrected chi connectivity index (χ4v) is 2.58. The van der Waals surface area contributed by atoms with E-state index in [0.29, 0.717) is 0 Å². The summed E-state index contributed by atoms with van der Waals surface area (Å²) in [6, 6.07) is 12.3. The van der Waals surface area contributed by atoms with Crippen LogP contribution in [0.15, 0.2) is 53.2 Å². The number of hydrogen-bond acceptors (Lipinski definition) is 3. The normalized spacial score (nSPS) is 12.7. The van der Waals surface area contributed by atoms with Gasteiger partial charge in [-0.05, 0) is 49.2 Å². The summed E-state index contributed by atoms with van der Waals surface area (Å²) in [6.07, 6.45) is 4.83. The van der Waals surface area contributed by atoms with Gasteiger partial charge in [-0.3, -0.25) is 4.98 Å². The molecule has 3 heteroatoms. The summed E-state index contributed by atoms with van der Waals surface area (Å²) in [5.74, 6) is 0.945. The Morgan fingerprint density at radius 1 is 1.24 bits per heavy atom. The Kier molecular flexibility index (Phi) is 4.02. The number of fused-ring (bicyclic) bond motifs is 1. The van der Waals surface area contributed by atoms with E-state index in [1.54, 1.807) is 0 Å². The molecule has 0 aliphatic heterocycles. The van der Waals surface area contributed by atoms with Crippen LogP contribution in [0.5, 0.6) is 0 Å². The van der Waals surface area contributed by atoms with Crippen LogP contribution in [0.1, 0.15) is 36.3 Å². The van der Waals surface area contributed by atoms with Gasteiger partial charge in [0.1, 0.15) is 11.3 Å². The van der Waals surface area contributed by atoms with Crippen molar-refractivity contribution in [2.24, 2.45) is 0 Å². The Morgan fingerprint density at radius 2 is 2.10 bits per heavy atom. The highest BCUT2D eigenvalue weighted by Gasteiger charge is 2.19. The zero-order valence-electron chi connectivity index (χ0n) is 12.5. The van der Waals surface area contributed by atoms with Gasteiger partial charge in [0.15, 0.2) is 0 Å². The lowest BCUT2D eigenvalue weighted by molar-refractivity contribution is 0.468. The van der Waals surface area contributed by atoms with Crippen molar-refractivity contribution in [1.29, 1.82) is 0 Å². The van der Waals surface area contributed by atoms with Crippen LogP contribution in [-0.4, -0.2) is 11.5 Å². The number of nitrogens with zero attached hydrogens (tertiary/aromatic N) is 1. The van der Waals surface area contributed by atoms with E-state index >= 15 is 0 Å². The molecule has 1 aromatic carbocycles. The van der Waals surface area contributed by atoms with Crippen LogP contribution in [0.3, 0.4) is 0 Å². The molecule has 108 valence electrons. The maximum absolute atomic E-state index is 6.05. The minimum absolute atomic E-state index is 0.0473. The molecule has 0 spiro atoms. The number of nitrogens with one attached hydrogen (secondary N) is 1. The van der Waals surface area contributed by atoms with Crippen molar-refractivity contribution >= 4 is 11.0 Å². The van der Waals surface area contributed by atoms with E-state index < -0.39 is 0 Å². The molecule has 0 aliphatic carbocycles. The molecule has 0 aliphatic rings. The van der Waals surface area contributed by atoms with E-state index in [1.165, 1.54) is 11.1 Å². The molecule has 2 heterocycles. The van der Waals surface area contributed by atoms with E-state index in [9.17, 15) is 0 Å². The molecule has 2 aromatic heterocycles. The Bertz CT molecular complexity index is 700. The lowest BCUT2D eigenvalue weighted by Gasteiger charge is -2.18. The summed E-state index contributed by atoms with van der Waals surface area (Å²) >= 11 is 0. The van der Waals surface area contributed by atoms with E-state index in [-0.39, 0.29) is 6.04 Å². The first-order valence-corrected chi connectivity index (χ1v) is 7.42. The summed E-state index contributed by atoms with van der Waals surface area (Å²) < 4.78 is 6.05. The van der Waals surface area contributed by atoms with Gasteiger partial charge in [-0.2, -0.15) is 0 Å². The molecule has 3 rings (SSSR count). The molecular weight excluding hydrogens is 260 g/mol. The quantitative estimate of drug-likeness (QED) is 0.760. The van der Waals surface area contributed by atoms with Crippen LogP contribution < -0.4 is 5.32 Å². The minimum atomic E-state index is 0.0473.